The lowest BCUT2D eigenvalue weighted by Gasteiger charge is -2.28. The Hall–Kier alpha value is -14.1. The van der Waals surface area contributed by atoms with Gasteiger partial charge in [-0.05, 0) is 301 Å². The van der Waals surface area contributed by atoms with Crippen molar-refractivity contribution in [2.75, 3.05) is 34.0 Å². The Kier molecular flexibility index (Phi) is 39.3. The number of carbonyl (C=O) groups is 10. The molecule has 5 N–H and O–H groups in total. The Labute approximate surface area is 718 Å². The minimum Gasteiger partial charge on any atom is -0.508 e. The van der Waals surface area contributed by atoms with Gasteiger partial charge in [-0.1, -0.05) is 69.3 Å². The number of carboxylic acid groups (broad SMARTS) is 2. The molecule has 3 aliphatic rings. The van der Waals surface area contributed by atoms with Gasteiger partial charge in [-0.15, -0.1) is 0 Å². The van der Waals surface area contributed by atoms with Gasteiger partial charge >= 0.3 is 59.7 Å². The first kappa shape index (κ1) is 97.0. The molecule has 124 heavy (non-hydrogen) atoms. The van der Waals surface area contributed by atoms with Crippen molar-refractivity contribution in [3.05, 3.63) is 299 Å². The van der Waals surface area contributed by atoms with E-state index in [4.69, 9.17) is 67.4 Å². The molecular formula is C96H102O28. The number of esters is 8. The first-order valence-electron chi connectivity index (χ1n) is 39.6. The number of aryl methyl sites for hydroxylation is 5. The summed E-state index contributed by atoms with van der Waals surface area (Å²) in [5, 5.41) is 45.7. The fourth-order valence-electron chi connectivity index (χ4n) is 13.0. The number of rotatable bonds is 31. The van der Waals surface area contributed by atoms with Crippen LogP contribution in [0.2, 0.25) is 0 Å². The number of aromatic carboxylic acids is 2. The zero-order valence-electron chi connectivity index (χ0n) is 69.6. The van der Waals surface area contributed by atoms with Crippen LogP contribution in [0.1, 0.15) is 191 Å². The molecule has 3 saturated carbocycles. The number of phenolic OH excluding ortho intramolecular Hbond substituents is 1. The van der Waals surface area contributed by atoms with Crippen LogP contribution in [0, 0.1) is 34.6 Å². The maximum atomic E-state index is 12.8. The van der Waals surface area contributed by atoms with Gasteiger partial charge in [0.25, 0.3) is 0 Å². The number of aliphatic hydroxyl groups is 2. The number of benzene rings is 8. The van der Waals surface area contributed by atoms with Crippen molar-refractivity contribution in [1.82, 2.24) is 0 Å². The lowest BCUT2D eigenvalue weighted by molar-refractivity contribution is -0.145. The third kappa shape index (κ3) is 32.4. The third-order valence-electron chi connectivity index (χ3n) is 19.8. The summed E-state index contributed by atoms with van der Waals surface area (Å²) in [5.74, 6) is -1.32. The second-order valence-electron chi connectivity index (χ2n) is 28.6. The van der Waals surface area contributed by atoms with Crippen molar-refractivity contribution in [2.45, 2.75) is 148 Å². The molecule has 0 unspecified atom stereocenters. The van der Waals surface area contributed by atoms with E-state index in [0.717, 1.165) is 113 Å². The molecule has 654 valence electrons. The number of phenols is 1. The normalized spacial score (nSPS) is 15.9. The van der Waals surface area contributed by atoms with Crippen LogP contribution in [0.3, 0.4) is 0 Å². The number of hydrogen-bond donors (Lipinski definition) is 5. The molecule has 0 atom stereocenters. The van der Waals surface area contributed by atoms with Gasteiger partial charge in [0, 0.05) is 30.4 Å². The Morgan fingerprint density at radius 1 is 0.315 bits per heavy atom. The van der Waals surface area contributed by atoms with Crippen molar-refractivity contribution >= 4 is 59.7 Å². The predicted molar refractivity (Wildman–Crippen MR) is 454 cm³/mol. The zero-order chi connectivity index (χ0) is 90.2. The van der Waals surface area contributed by atoms with E-state index in [0.29, 0.717) is 108 Å². The Balaban J connectivity index is 0.000000231. The standard InChI is InChI=1S/C36H36O10.C24H26O6.2C12H12O5.C12H16O2/c1-5-33(37)43-21-41-31-17-11-27(19-23(31)3)35(39)45-29-13-7-25(8-14-29)26-9-15-30(16-10-26)46-36(40)28-12-18-32(24(4)20-28)42-22-44-34(38)6-2;1-3-23(26)29-15-28-22-13-8-19(14-16(22)2)24(27)30-21-11-6-18(7-12-21)17-4-9-20(25)10-5-17;2*1-3-11(13)17-7-16-10-5-4-9(12(14)15)6-8(10)2;13-11-5-1-9(2-6-11)10-3-7-12(14)8-4-10/h5-8,11-14,17-20,26,30H,1-2,9-10,15-16,21-22H2,3-4H3;3,6-8,11-14,17,20,25H,1,4-5,9-10,15H2,2H3;2*3-6H,1,7H2,2H3,(H,14,15);1-2,5-6,10,12-14H,3-4,7-8H2. The van der Waals surface area contributed by atoms with Crippen LogP contribution in [0.25, 0.3) is 0 Å². The lowest BCUT2D eigenvalue weighted by Crippen LogP contribution is -2.24. The van der Waals surface area contributed by atoms with Crippen molar-refractivity contribution in [1.29, 1.82) is 0 Å². The number of hydrogen-bond acceptors (Lipinski definition) is 26. The first-order chi connectivity index (χ1) is 59.5. The van der Waals surface area contributed by atoms with Crippen LogP contribution in [0.5, 0.6) is 46.0 Å². The highest BCUT2D eigenvalue weighted by molar-refractivity contribution is 5.93. The highest BCUT2D eigenvalue weighted by atomic mass is 16.7. The van der Waals surface area contributed by atoms with E-state index in [2.05, 4.69) is 42.4 Å². The van der Waals surface area contributed by atoms with E-state index in [1.807, 2.05) is 36.4 Å². The number of aromatic hydroxyl groups is 1. The van der Waals surface area contributed by atoms with E-state index in [1.165, 1.54) is 47.5 Å². The van der Waals surface area contributed by atoms with Crippen LogP contribution in [0.4, 0.5) is 0 Å². The summed E-state index contributed by atoms with van der Waals surface area (Å²) < 4.78 is 67.1. The molecule has 0 aliphatic heterocycles. The molecule has 0 aromatic heterocycles. The number of carboxylic acids is 2. The smallest absolute Gasteiger partial charge is 0.343 e. The van der Waals surface area contributed by atoms with Gasteiger partial charge < -0.3 is 87.1 Å². The van der Waals surface area contributed by atoms with Gasteiger partial charge in [-0.2, -0.15) is 0 Å². The van der Waals surface area contributed by atoms with E-state index in [1.54, 1.807) is 126 Å². The summed E-state index contributed by atoms with van der Waals surface area (Å²) in [4.78, 5) is 114. The quantitative estimate of drug-likeness (QED) is 0.00885. The maximum Gasteiger partial charge on any atom is 0.343 e. The van der Waals surface area contributed by atoms with Crippen molar-refractivity contribution in [3.63, 3.8) is 0 Å². The molecule has 0 amide bonds. The summed E-state index contributed by atoms with van der Waals surface area (Å²) >= 11 is 0. The first-order valence-corrected chi connectivity index (χ1v) is 39.6. The molecule has 11 rings (SSSR count). The summed E-state index contributed by atoms with van der Waals surface area (Å²) in [6.07, 6.45) is 15.5. The van der Waals surface area contributed by atoms with Gasteiger partial charge in [0.1, 0.15) is 52.1 Å². The molecule has 8 aromatic rings. The number of aliphatic hydroxyl groups excluding tert-OH is 2. The molecule has 3 aliphatic carbocycles. The van der Waals surface area contributed by atoms with Crippen molar-refractivity contribution in [3.8, 4) is 46.0 Å². The monoisotopic (exact) mass is 1700 g/mol. The third-order valence-corrected chi connectivity index (χ3v) is 19.8. The molecule has 8 aromatic carbocycles. The predicted octanol–water partition coefficient (Wildman–Crippen LogP) is 16.8. The fraction of sp³-hybridized carbons (Fsp3) is 0.292. The average molecular weight is 1700 g/mol. The fourth-order valence-corrected chi connectivity index (χ4v) is 13.0. The molecule has 0 spiro atoms. The number of carbonyl (C=O) groups excluding carboxylic acids is 8. The second kappa shape index (κ2) is 50.2. The molecular weight excluding hydrogens is 1600 g/mol. The summed E-state index contributed by atoms with van der Waals surface area (Å²) in [7, 11) is 0. The van der Waals surface area contributed by atoms with E-state index >= 15 is 0 Å². The Morgan fingerprint density at radius 3 is 0.798 bits per heavy atom. The van der Waals surface area contributed by atoms with Gasteiger partial charge in [0.15, 0.2) is 0 Å². The Morgan fingerprint density at radius 2 is 0.548 bits per heavy atom. The topological polar surface area (TPSA) is 392 Å². The highest BCUT2D eigenvalue weighted by Crippen LogP contribution is 2.38. The van der Waals surface area contributed by atoms with Crippen LogP contribution >= 0.6 is 0 Å². The van der Waals surface area contributed by atoms with Gasteiger partial charge in [-0.25, -0.2) is 47.9 Å². The summed E-state index contributed by atoms with van der Waals surface area (Å²) in [6, 6.07) is 46.0. The molecule has 3 fully saturated rings. The van der Waals surface area contributed by atoms with E-state index in [9.17, 15) is 58.2 Å². The molecule has 0 saturated heterocycles. The second-order valence-corrected chi connectivity index (χ2v) is 28.6. The number of ether oxygens (including phenoxy) is 13. The molecule has 28 nitrogen and oxygen atoms in total. The molecule has 0 heterocycles. The minimum absolute atomic E-state index is 0.0941. The maximum absolute atomic E-state index is 12.8. The summed E-state index contributed by atoms with van der Waals surface area (Å²) in [5.41, 5.74) is 8.57. The van der Waals surface area contributed by atoms with E-state index in [-0.39, 0.29) is 63.4 Å². The largest absolute Gasteiger partial charge is 0.508 e. The SMILES string of the molecule is C=CC(=O)OCOc1ccc(C(=O)O)cc1C.C=CC(=O)OCOc1ccc(C(=O)O)cc1C.C=CC(=O)OCOc1ccc(C(=O)Oc2ccc(C3CCC(O)CC3)cc2)cc1C.C=CC(=O)OCOc1ccc(C(=O)Oc2ccc(C3CCC(OC(=O)c4ccc(OCOC(=O)C=C)c(C)c4)CC3)cc2)cc1C.Oc1ccc(C2CCC(O)CC2)cc1. The van der Waals surface area contributed by atoms with Crippen LogP contribution in [-0.4, -0.2) is 138 Å². The summed E-state index contributed by atoms with van der Waals surface area (Å²) in [6.45, 7) is 24.0. The molecule has 28 heteroatoms. The molecule has 0 radical (unpaired) electrons. The lowest BCUT2D eigenvalue weighted by atomic mass is 9.83. The zero-order valence-corrected chi connectivity index (χ0v) is 69.6. The minimum atomic E-state index is -1.00. The Bertz CT molecular complexity index is 4920. The van der Waals surface area contributed by atoms with Crippen molar-refractivity contribution < 1.29 is 135 Å². The molecule has 0 bridgehead atoms. The van der Waals surface area contributed by atoms with Crippen LogP contribution in [0.15, 0.2) is 227 Å². The van der Waals surface area contributed by atoms with Gasteiger partial charge in [-0.3, -0.25) is 0 Å². The highest BCUT2D eigenvalue weighted by Gasteiger charge is 2.28. The van der Waals surface area contributed by atoms with Gasteiger partial charge in [0.05, 0.1) is 40.0 Å². The van der Waals surface area contributed by atoms with Crippen LogP contribution < -0.4 is 33.2 Å². The average Bonchev–Trinajstić information content (AvgIpc) is 0.823. The van der Waals surface area contributed by atoms with Crippen molar-refractivity contribution in [2.24, 2.45) is 0 Å². The van der Waals surface area contributed by atoms with Crippen LogP contribution in [-0.2, 0) is 52.4 Å². The van der Waals surface area contributed by atoms with E-state index < -0.39 is 59.7 Å². The van der Waals surface area contributed by atoms with Gasteiger partial charge in [0.2, 0.25) is 34.0 Å².